The van der Waals surface area contributed by atoms with Crippen molar-refractivity contribution in [2.45, 2.75) is 58.3 Å². The van der Waals surface area contributed by atoms with Gasteiger partial charge in [-0.2, -0.15) is 0 Å². The van der Waals surface area contributed by atoms with Gasteiger partial charge in [0, 0.05) is 0 Å². The Morgan fingerprint density at radius 2 is 1.90 bits per heavy atom. The predicted octanol–water partition coefficient (Wildman–Crippen LogP) is 5.10. The van der Waals surface area contributed by atoms with E-state index in [1.807, 2.05) is 6.92 Å². The van der Waals surface area contributed by atoms with Crippen LogP contribution >= 0.6 is 0 Å². The smallest absolute Gasteiger partial charge is 0.306 e. The highest BCUT2D eigenvalue weighted by Crippen LogP contribution is 2.43. The largest absolute Gasteiger partial charge is 0.481 e. The van der Waals surface area contributed by atoms with Crippen molar-refractivity contribution >= 4 is 5.97 Å². The Morgan fingerprint density at radius 1 is 1.19 bits per heavy atom. The van der Waals surface area contributed by atoms with E-state index in [4.69, 9.17) is 0 Å². The van der Waals surface area contributed by atoms with Gasteiger partial charge in [0.2, 0.25) is 0 Å². The fourth-order valence-corrected chi connectivity index (χ4v) is 4.25. The quantitative estimate of drug-likeness (QED) is 0.791. The predicted molar refractivity (Wildman–Crippen MR) is 86.3 cm³/mol. The highest BCUT2D eigenvalue weighted by Gasteiger charge is 2.35. The summed E-state index contributed by atoms with van der Waals surface area (Å²) in [5.41, 5.74) is 1.43. The molecule has 0 heterocycles. The molecule has 21 heavy (non-hydrogen) atoms. The molecule has 1 aromatic rings. The Hall–Kier alpha value is -1.31. The second-order valence-corrected chi connectivity index (χ2v) is 6.46. The molecule has 116 valence electrons. The van der Waals surface area contributed by atoms with Gasteiger partial charge in [-0.25, -0.2) is 0 Å². The van der Waals surface area contributed by atoms with E-state index in [1.165, 1.54) is 24.8 Å². The van der Waals surface area contributed by atoms with Crippen molar-refractivity contribution in [3.63, 3.8) is 0 Å². The van der Waals surface area contributed by atoms with Gasteiger partial charge < -0.3 is 5.11 Å². The van der Waals surface area contributed by atoms with Crippen LogP contribution in [0, 0.1) is 17.8 Å². The van der Waals surface area contributed by atoms with Crippen LogP contribution in [0.3, 0.4) is 0 Å². The summed E-state index contributed by atoms with van der Waals surface area (Å²) in [6, 6.07) is 10.7. The lowest BCUT2D eigenvalue weighted by molar-refractivity contribution is -0.145. The molecule has 4 atom stereocenters. The zero-order valence-electron chi connectivity index (χ0n) is 13.3. The third-order valence-electron chi connectivity index (χ3n) is 5.34. The van der Waals surface area contributed by atoms with E-state index in [9.17, 15) is 9.90 Å². The maximum Gasteiger partial charge on any atom is 0.306 e. The van der Waals surface area contributed by atoms with Gasteiger partial charge in [-0.15, -0.1) is 0 Å². The highest BCUT2D eigenvalue weighted by molar-refractivity contribution is 5.70. The molecular weight excluding hydrogens is 260 g/mol. The zero-order valence-corrected chi connectivity index (χ0v) is 13.3. The Morgan fingerprint density at radius 3 is 2.48 bits per heavy atom. The lowest BCUT2D eigenvalue weighted by atomic mass is 9.68. The number of benzene rings is 1. The zero-order chi connectivity index (χ0) is 15.2. The van der Waals surface area contributed by atoms with E-state index in [-0.39, 0.29) is 5.92 Å². The van der Waals surface area contributed by atoms with Crippen molar-refractivity contribution < 1.29 is 9.90 Å². The number of carbonyl (C=O) groups is 1. The van der Waals surface area contributed by atoms with Crippen LogP contribution in [0.5, 0.6) is 0 Å². The Bertz CT molecular complexity index is 440. The van der Waals surface area contributed by atoms with E-state index >= 15 is 0 Å². The van der Waals surface area contributed by atoms with Gasteiger partial charge in [-0.1, -0.05) is 63.4 Å². The maximum absolute atomic E-state index is 11.5. The molecule has 0 radical (unpaired) electrons. The first-order valence-corrected chi connectivity index (χ1v) is 8.45. The number of hydrogen-bond acceptors (Lipinski definition) is 1. The van der Waals surface area contributed by atoms with E-state index in [1.54, 1.807) is 0 Å². The SMILES string of the molecule is CCC(C(=O)O)C(CC)C1CCCC(c2ccccc2)C1. The molecule has 1 fully saturated rings. The molecule has 1 saturated carbocycles. The fourth-order valence-electron chi connectivity index (χ4n) is 4.25. The van der Waals surface area contributed by atoms with Crippen molar-refractivity contribution in [3.05, 3.63) is 35.9 Å². The summed E-state index contributed by atoms with van der Waals surface area (Å²) >= 11 is 0. The average Bonchev–Trinajstić information content (AvgIpc) is 2.53. The lowest BCUT2D eigenvalue weighted by Crippen LogP contribution is -2.31. The molecule has 0 bridgehead atoms. The molecule has 2 heteroatoms. The molecule has 0 aromatic heterocycles. The van der Waals surface area contributed by atoms with Gasteiger partial charge in [0.1, 0.15) is 0 Å². The number of carboxylic acids is 1. The molecule has 2 nitrogen and oxygen atoms in total. The van der Waals surface area contributed by atoms with Crippen LogP contribution < -0.4 is 0 Å². The lowest BCUT2D eigenvalue weighted by Gasteiger charge is -2.37. The minimum Gasteiger partial charge on any atom is -0.481 e. The fraction of sp³-hybridized carbons (Fsp3) is 0.632. The minimum absolute atomic E-state index is 0.172. The standard InChI is InChI=1S/C19H28O2/c1-3-17(18(4-2)19(20)21)16-12-8-11-15(13-16)14-9-6-5-7-10-14/h5-7,9-10,15-18H,3-4,8,11-13H2,1-2H3,(H,20,21). The second-order valence-electron chi connectivity index (χ2n) is 6.46. The Labute approximate surface area is 128 Å². The molecular formula is C19H28O2. The molecule has 0 aliphatic heterocycles. The average molecular weight is 288 g/mol. The number of aliphatic carboxylic acids is 1. The molecule has 1 aromatic carbocycles. The summed E-state index contributed by atoms with van der Waals surface area (Å²) in [7, 11) is 0. The highest BCUT2D eigenvalue weighted by atomic mass is 16.4. The maximum atomic E-state index is 11.5. The van der Waals surface area contributed by atoms with Crippen LogP contribution in [-0.2, 0) is 4.79 Å². The number of rotatable bonds is 6. The van der Waals surface area contributed by atoms with E-state index in [2.05, 4.69) is 37.3 Å². The Kier molecular flexibility index (Phi) is 5.84. The van der Waals surface area contributed by atoms with Crippen molar-refractivity contribution in [1.82, 2.24) is 0 Å². The van der Waals surface area contributed by atoms with Gasteiger partial charge in [-0.3, -0.25) is 4.79 Å². The first kappa shape index (κ1) is 16.1. The molecule has 0 amide bonds. The van der Waals surface area contributed by atoms with E-state index < -0.39 is 5.97 Å². The van der Waals surface area contributed by atoms with Crippen LogP contribution in [-0.4, -0.2) is 11.1 Å². The molecule has 0 spiro atoms. The molecule has 1 N–H and O–H groups in total. The molecule has 1 aliphatic rings. The van der Waals surface area contributed by atoms with E-state index in [0.717, 1.165) is 19.3 Å². The van der Waals surface area contributed by atoms with Gasteiger partial charge >= 0.3 is 5.97 Å². The van der Waals surface area contributed by atoms with Crippen molar-refractivity contribution in [2.24, 2.45) is 17.8 Å². The summed E-state index contributed by atoms with van der Waals surface area (Å²) in [6.45, 7) is 4.17. The van der Waals surface area contributed by atoms with Gasteiger partial charge in [0.25, 0.3) is 0 Å². The Balaban J connectivity index is 2.10. The van der Waals surface area contributed by atoms with Crippen LogP contribution in [0.2, 0.25) is 0 Å². The third kappa shape index (κ3) is 3.87. The van der Waals surface area contributed by atoms with Crippen LogP contribution in [0.15, 0.2) is 30.3 Å². The monoisotopic (exact) mass is 288 g/mol. The van der Waals surface area contributed by atoms with Gasteiger partial charge in [0.15, 0.2) is 0 Å². The number of hydrogen-bond donors (Lipinski definition) is 1. The molecule has 1 aliphatic carbocycles. The third-order valence-corrected chi connectivity index (χ3v) is 5.34. The normalized spacial score (nSPS) is 25.2. The first-order valence-electron chi connectivity index (χ1n) is 8.45. The van der Waals surface area contributed by atoms with Crippen LogP contribution in [0.25, 0.3) is 0 Å². The summed E-state index contributed by atoms with van der Waals surface area (Å²) in [4.78, 5) is 11.5. The van der Waals surface area contributed by atoms with Crippen molar-refractivity contribution in [2.75, 3.05) is 0 Å². The topological polar surface area (TPSA) is 37.3 Å². The van der Waals surface area contributed by atoms with Crippen molar-refractivity contribution in [3.8, 4) is 0 Å². The van der Waals surface area contributed by atoms with Gasteiger partial charge in [0.05, 0.1) is 5.92 Å². The summed E-state index contributed by atoms with van der Waals surface area (Å²) in [5.74, 6) is 0.736. The minimum atomic E-state index is -0.605. The first-order chi connectivity index (χ1) is 10.2. The molecule has 4 unspecified atom stereocenters. The van der Waals surface area contributed by atoms with Crippen molar-refractivity contribution in [1.29, 1.82) is 0 Å². The van der Waals surface area contributed by atoms with E-state index in [0.29, 0.717) is 17.8 Å². The van der Waals surface area contributed by atoms with Crippen LogP contribution in [0.4, 0.5) is 0 Å². The summed E-state index contributed by atoms with van der Waals surface area (Å²) < 4.78 is 0. The summed E-state index contributed by atoms with van der Waals surface area (Å²) in [5, 5.41) is 9.49. The molecule has 2 rings (SSSR count). The second kappa shape index (κ2) is 7.63. The summed E-state index contributed by atoms with van der Waals surface area (Å²) in [6.07, 6.45) is 6.58. The molecule has 0 saturated heterocycles. The van der Waals surface area contributed by atoms with Crippen LogP contribution in [0.1, 0.15) is 63.9 Å². The number of carboxylic acid groups (broad SMARTS) is 1. The van der Waals surface area contributed by atoms with Gasteiger partial charge in [-0.05, 0) is 42.6 Å².